The van der Waals surface area contributed by atoms with Crippen LogP contribution in [0.15, 0.2) is 72.8 Å². The number of phenolic OH excluding ortho intramolecular Hbond substituents is 2. The average Bonchev–Trinajstić information content (AvgIpc) is 3.94. The predicted octanol–water partition coefficient (Wildman–Crippen LogP) is 6.91. The number of aromatic hydroxyl groups is 2. The normalized spacial score (nSPS) is 12.8. The molecule has 8 rings (SSSR count). The number of carbonyl (C=O) groups excluding carboxylic acids is 2. The summed E-state index contributed by atoms with van der Waals surface area (Å²) in [5.74, 6) is 0.681. The number of hydrogen-bond donors (Lipinski definition) is 2. The Morgan fingerprint density at radius 2 is 0.961 bits per heavy atom. The first-order valence-corrected chi connectivity index (χ1v) is 18.1. The Kier molecular flexibility index (Phi) is 7.42. The van der Waals surface area contributed by atoms with Crippen molar-refractivity contribution in [3.05, 3.63) is 95.1 Å². The Bertz CT molecular complexity index is 2380. The van der Waals surface area contributed by atoms with Crippen LogP contribution in [0, 0.1) is 0 Å². The van der Waals surface area contributed by atoms with Crippen molar-refractivity contribution in [2.24, 2.45) is 0 Å². The molecule has 2 N–H and O–H groups in total. The van der Waals surface area contributed by atoms with Gasteiger partial charge in [0, 0.05) is 11.5 Å². The van der Waals surface area contributed by atoms with Gasteiger partial charge in [-0.3, -0.25) is 0 Å². The number of thioether (sulfide) groups is 1. The molecule has 0 aliphatic carbocycles. The summed E-state index contributed by atoms with van der Waals surface area (Å²) in [4.78, 5) is 29.3. The van der Waals surface area contributed by atoms with Gasteiger partial charge < -0.3 is 19.7 Å². The summed E-state index contributed by atoms with van der Waals surface area (Å²) < 4.78 is 18.7. The topological polar surface area (TPSA) is 121 Å². The molecule has 0 bridgehead atoms. The lowest BCUT2D eigenvalue weighted by Crippen LogP contribution is -2.11. The van der Waals surface area contributed by atoms with Gasteiger partial charge in [-0.1, -0.05) is 53.7 Å². The highest BCUT2D eigenvalue weighted by atomic mass is 32.2. The van der Waals surface area contributed by atoms with E-state index in [9.17, 15) is 19.8 Å². The molecule has 8 aromatic rings. The molecule has 4 aromatic carbocycles. The van der Waals surface area contributed by atoms with Crippen molar-refractivity contribution in [2.75, 3.05) is 24.7 Å². The van der Waals surface area contributed by atoms with Gasteiger partial charge in [0.05, 0.1) is 11.1 Å². The summed E-state index contributed by atoms with van der Waals surface area (Å²) in [6.07, 6.45) is 0. The monoisotopic (exact) mass is 708 g/mol. The van der Waals surface area contributed by atoms with Crippen LogP contribution in [0.25, 0.3) is 33.4 Å². The smallest absolute Gasteiger partial charge is 0.338 e. The van der Waals surface area contributed by atoms with E-state index in [4.69, 9.17) is 9.47 Å². The fraction of sp³-hybridized carbons (Fsp3) is 0.316. The third kappa shape index (κ3) is 5.56. The van der Waals surface area contributed by atoms with E-state index in [1.807, 2.05) is 64.5 Å². The van der Waals surface area contributed by atoms with Crippen LogP contribution < -0.4 is 0 Å². The molecule has 0 saturated heterocycles. The van der Waals surface area contributed by atoms with Crippen LogP contribution in [0.3, 0.4) is 0 Å². The first-order valence-electron chi connectivity index (χ1n) is 16.9. The summed E-state index contributed by atoms with van der Waals surface area (Å²) in [7, 11) is 0. The summed E-state index contributed by atoms with van der Waals surface area (Å²) in [6, 6.07) is 22.1. The molecule has 0 saturated carbocycles. The van der Waals surface area contributed by atoms with Gasteiger partial charge >= 0.3 is 11.9 Å². The highest BCUT2D eigenvalue weighted by molar-refractivity contribution is 7.99. The van der Waals surface area contributed by atoms with E-state index >= 15 is 0 Å². The summed E-state index contributed by atoms with van der Waals surface area (Å²) >= 11 is 1.53. The van der Waals surface area contributed by atoms with Crippen LogP contribution in [0.5, 0.6) is 11.5 Å². The lowest BCUT2D eigenvalue weighted by molar-refractivity contribution is 0.0525. The van der Waals surface area contributed by atoms with Gasteiger partial charge in [-0.05, 0) is 82.6 Å². The Morgan fingerprint density at radius 1 is 0.569 bits per heavy atom. The number of phenols is 2. The number of hydrogen-bond acceptors (Lipinski definition) is 7. The fourth-order valence-electron chi connectivity index (χ4n) is 6.30. The van der Waals surface area contributed by atoms with Crippen molar-refractivity contribution in [3.8, 4) is 22.9 Å². The van der Waals surface area contributed by atoms with E-state index in [2.05, 4.69) is 41.5 Å². The zero-order valence-electron chi connectivity index (χ0n) is 29.4. The minimum Gasteiger partial charge on any atom is -0.506 e. The third-order valence-corrected chi connectivity index (χ3v) is 10.2. The predicted molar refractivity (Wildman–Crippen MR) is 196 cm³/mol. The van der Waals surface area contributed by atoms with Crippen molar-refractivity contribution < 1.29 is 29.3 Å². The van der Waals surface area contributed by atoms with Crippen molar-refractivity contribution in [1.82, 2.24) is 28.1 Å². The SMILES string of the molecule is CC(C)(C)c1ccc(O)c(-n2n3c4ccc(C(=O)OCCSCCOC(=O)c5ccc6c(c5)n5n(-c7cc(C(C)(C)C)ccc7O)n65)cc4n23)c1. The molecule has 4 heterocycles. The number of fused-ring (bicyclic) bond motifs is 8. The van der Waals surface area contributed by atoms with Gasteiger partial charge in [-0.15, -0.1) is 28.1 Å². The van der Waals surface area contributed by atoms with Crippen LogP contribution in [-0.4, -0.2) is 75.0 Å². The van der Waals surface area contributed by atoms with E-state index in [0.29, 0.717) is 34.0 Å². The molecule has 0 fully saturated rings. The molecular weight excluding hydrogens is 669 g/mol. The molecule has 51 heavy (non-hydrogen) atoms. The molecule has 4 aromatic heterocycles. The first-order chi connectivity index (χ1) is 24.2. The molecule has 0 aliphatic heterocycles. The zero-order valence-corrected chi connectivity index (χ0v) is 30.2. The minimum absolute atomic E-state index is 0.0630. The fourth-order valence-corrected chi connectivity index (χ4v) is 6.91. The molecule has 13 heteroatoms. The number of aromatic nitrogens is 6. The average molecular weight is 709 g/mol. The van der Waals surface area contributed by atoms with Gasteiger partial charge in [0.1, 0.15) is 58.2 Å². The molecule has 0 radical (unpaired) electrons. The molecule has 0 amide bonds. The van der Waals surface area contributed by atoms with Gasteiger partial charge in [0.2, 0.25) is 0 Å². The minimum atomic E-state index is -0.407. The summed E-state index contributed by atoms with van der Waals surface area (Å²) in [6.45, 7) is 13.2. The quantitative estimate of drug-likeness (QED) is 0.117. The first kappa shape index (κ1) is 32.8. The van der Waals surface area contributed by atoms with E-state index in [1.54, 1.807) is 36.4 Å². The van der Waals surface area contributed by atoms with Gasteiger partial charge in [-0.25, -0.2) is 9.59 Å². The Morgan fingerprint density at radius 3 is 1.35 bits per heavy atom. The molecule has 0 unspecified atom stereocenters. The summed E-state index contributed by atoms with van der Waals surface area (Å²) in [5, 5.41) is 21.1. The largest absolute Gasteiger partial charge is 0.506 e. The van der Waals surface area contributed by atoms with Crippen molar-refractivity contribution in [1.29, 1.82) is 0 Å². The maximum absolute atomic E-state index is 12.8. The molecule has 264 valence electrons. The van der Waals surface area contributed by atoms with Crippen LogP contribution in [0.2, 0.25) is 0 Å². The maximum atomic E-state index is 12.8. The lowest BCUT2D eigenvalue weighted by Gasteiger charge is -2.19. The second-order valence-corrected chi connectivity index (χ2v) is 16.2. The number of rotatable bonds is 10. The maximum Gasteiger partial charge on any atom is 0.338 e. The van der Waals surface area contributed by atoms with Gasteiger partial charge in [0.15, 0.2) is 0 Å². The third-order valence-electron chi connectivity index (χ3n) is 9.34. The second-order valence-electron chi connectivity index (χ2n) is 14.9. The highest BCUT2D eigenvalue weighted by Crippen LogP contribution is 2.36. The van der Waals surface area contributed by atoms with Crippen molar-refractivity contribution >= 4 is 45.8 Å². The molecule has 0 spiro atoms. The van der Waals surface area contributed by atoms with Crippen molar-refractivity contribution in [3.63, 3.8) is 0 Å². The number of esters is 2. The van der Waals surface area contributed by atoms with E-state index < -0.39 is 11.9 Å². The van der Waals surface area contributed by atoms with Gasteiger partial charge in [0.25, 0.3) is 0 Å². The lowest BCUT2D eigenvalue weighted by atomic mass is 9.87. The molecular formula is C38H40N6O6S. The Hall–Kier alpha value is -5.43. The number of benzene rings is 4. The number of ether oxygens (including phenoxy) is 2. The number of carbonyl (C=O) groups is 2. The Balaban J connectivity index is 0.811. The molecule has 12 nitrogen and oxygen atoms in total. The summed E-state index contributed by atoms with van der Waals surface area (Å²) in [5.41, 5.74) is 7.98. The van der Waals surface area contributed by atoms with Crippen LogP contribution >= 0.6 is 11.8 Å². The van der Waals surface area contributed by atoms with Gasteiger partial charge in [-0.2, -0.15) is 11.8 Å². The molecule has 0 atom stereocenters. The number of nitrogens with zero attached hydrogens (tertiary/aromatic N) is 6. The zero-order chi connectivity index (χ0) is 36.0. The molecule has 0 aliphatic rings. The van der Waals surface area contributed by atoms with Crippen LogP contribution in [0.4, 0.5) is 0 Å². The van der Waals surface area contributed by atoms with Crippen molar-refractivity contribution in [2.45, 2.75) is 52.4 Å². The van der Waals surface area contributed by atoms with Crippen LogP contribution in [-0.2, 0) is 20.3 Å². The van der Waals surface area contributed by atoms with E-state index in [1.165, 1.54) is 11.8 Å². The Labute approximate surface area is 297 Å². The van der Waals surface area contributed by atoms with E-state index in [-0.39, 0.29) is 35.5 Å². The van der Waals surface area contributed by atoms with E-state index in [0.717, 1.165) is 33.2 Å². The highest BCUT2D eigenvalue weighted by Gasteiger charge is 2.29. The second kappa shape index (κ2) is 11.6. The standard InChI is InChI=1S/C38H40N6O6S/c1-37(2,3)25-9-13-33(45)31(21-25)43-39-27-11-7-23(19-29(27)41(39)43)35(47)49-15-17-51-18-16-50-36(48)24-8-12-28-30(20-24)42-40(28)44(42)32-22-26(38(4,5)6)10-14-34(32)46/h7-14,19-22,45-46H,15-18H2,1-6H3. The van der Waals surface area contributed by atoms with Crippen LogP contribution in [0.1, 0.15) is 73.4 Å².